The molecule has 0 saturated heterocycles. The molecule has 7 nitrogen and oxygen atoms in total. The number of primary amides is 1. The fourth-order valence-corrected chi connectivity index (χ4v) is 3.02. The molecule has 0 bridgehead atoms. The van der Waals surface area contributed by atoms with E-state index in [1.54, 1.807) is 33.1 Å². The Morgan fingerprint density at radius 1 is 1.31 bits per heavy atom. The highest BCUT2D eigenvalue weighted by Gasteiger charge is 2.18. The van der Waals surface area contributed by atoms with Crippen LogP contribution >= 0.6 is 0 Å². The molecule has 1 atom stereocenters. The van der Waals surface area contributed by atoms with Crippen molar-refractivity contribution in [3.63, 3.8) is 0 Å². The highest BCUT2D eigenvalue weighted by atomic mass is 19.1. The third-order valence-electron chi connectivity index (χ3n) is 4.95. The van der Waals surface area contributed by atoms with Gasteiger partial charge in [-0.2, -0.15) is 0 Å². The highest BCUT2D eigenvalue weighted by molar-refractivity contribution is 5.92. The molecule has 8 heteroatoms. The summed E-state index contributed by atoms with van der Waals surface area (Å²) < 4.78 is 19.1. The Morgan fingerprint density at radius 2 is 2.07 bits per heavy atom. The summed E-state index contributed by atoms with van der Waals surface area (Å²) in [6.45, 7) is 3.91. The average molecular weight is 397 g/mol. The van der Waals surface area contributed by atoms with Crippen molar-refractivity contribution in [2.75, 3.05) is 19.5 Å². The number of carbonyl (C=O) groups is 1. The van der Waals surface area contributed by atoms with Crippen molar-refractivity contribution >= 4 is 28.3 Å². The number of anilines is 2. The molecule has 1 aromatic heterocycles. The molecule has 2 aromatic carbocycles. The molecule has 0 fully saturated rings. The molecular formula is C21H24FN5O2. The molecule has 0 radical (unpaired) electrons. The van der Waals surface area contributed by atoms with E-state index >= 15 is 0 Å². The van der Waals surface area contributed by atoms with Crippen molar-refractivity contribution in [3.05, 3.63) is 53.6 Å². The van der Waals surface area contributed by atoms with Gasteiger partial charge >= 0.3 is 0 Å². The van der Waals surface area contributed by atoms with Gasteiger partial charge in [0.15, 0.2) is 0 Å². The number of nitrogens with two attached hydrogens (primary N) is 1. The number of rotatable bonds is 7. The van der Waals surface area contributed by atoms with E-state index in [1.165, 1.54) is 12.4 Å². The molecule has 1 amide bonds. The number of amides is 1. The van der Waals surface area contributed by atoms with Crippen LogP contribution in [0.15, 0.2) is 36.7 Å². The van der Waals surface area contributed by atoms with Gasteiger partial charge < -0.3 is 15.8 Å². The predicted molar refractivity (Wildman–Crippen MR) is 111 cm³/mol. The van der Waals surface area contributed by atoms with Crippen LogP contribution in [-0.2, 0) is 11.3 Å². The van der Waals surface area contributed by atoms with Gasteiger partial charge in [-0.3, -0.25) is 9.69 Å². The van der Waals surface area contributed by atoms with Crippen LogP contribution in [0.4, 0.5) is 15.9 Å². The zero-order valence-electron chi connectivity index (χ0n) is 16.9. The summed E-state index contributed by atoms with van der Waals surface area (Å²) in [5.74, 6) is 0.588. The van der Waals surface area contributed by atoms with Crippen LogP contribution in [0.2, 0.25) is 0 Å². The van der Waals surface area contributed by atoms with E-state index in [2.05, 4.69) is 15.3 Å². The highest BCUT2D eigenvalue weighted by Crippen LogP contribution is 2.31. The Morgan fingerprint density at radius 3 is 2.72 bits per heavy atom. The molecule has 0 aliphatic rings. The Bertz CT molecular complexity index is 1060. The lowest BCUT2D eigenvalue weighted by molar-refractivity contribution is -0.122. The lowest BCUT2D eigenvalue weighted by Crippen LogP contribution is -2.39. The molecule has 152 valence electrons. The number of methoxy groups -OCH3 is 1. The lowest BCUT2D eigenvalue weighted by Gasteiger charge is -2.23. The fraction of sp³-hybridized carbons (Fsp3) is 0.286. The number of aromatic nitrogens is 2. The smallest absolute Gasteiger partial charge is 0.234 e. The Kier molecular flexibility index (Phi) is 5.93. The van der Waals surface area contributed by atoms with Crippen molar-refractivity contribution in [1.82, 2.24) is 14.9 Å². The van der Waals surface area contributed by atoms with Gasteiger partial charge in [0.05, 0.1) is 18.7 Å². The summed E-state index contributed by atoms with van der Waals surface area (Å²) in [6, 6.07) is 8.12. The number of aryl methyl sites for hydroxylation is 1. The number of nitrogens with one attached hydrogen (secondary N) is 1. The number of benzene rings is 2. The number of hydrogen-bond acceptors (Lipinski definition) is 6. The first kappa shape index (κ1) is 20.5. The topological polar surface area (TPSA) is 93.4 Å². The summed E-state index contributed by atoms with van der Waals surface area (Å²) in [6.07, 6.45) is 1.46. The number of halogens is 1. The molecule has 3 N–H and O–H groups in total. The molecule has 3 aromatic rings. The number of likely N-dealkylation sites (N-methyl/N-ethyl adjacent to an activating group) is 1. The van der Waals surface area contributed by atoms with Gasteiger partial charge in [-0.05, 0) is 50.7 Å². The van der Waals surface area contributed by atoms with Crippen molar-refractivity contribution in [2.45, 2.75) is 26.4 Å². The first-order valence-corrected chi connectivity index (χ1v) is 9.14. The Balaban J connectivity index is 2.01. The molecule has 0 aliphatic carbocycles. The maximum Gasteiger partial charge on any atom is 0.234 e. The standard InChI is InChI=1S/C21H24FN5O2/c1-12-7-15(5-6-17(12)22)26-21-16-8-14(10-27(3)13(2)20(23)28)19(29-4)9-18(16)24-11-25-21/h5-9,11,13H,10H2,1-4H3,(H2,23,28)(H,24,25,26)/t13-/m1/s1. The second-order valence-corrected chi connectivity index (χ2v) is 6.99. The largest absolute Gasteiger partial charge is 0.496 e. The third kappa shape index (κ3) is 4.43. The number of nitrogens with zero attached hydrogens (tertiary/aromatic N) is 3. The van der Waals surface area contributed by atoms with Crippen LogP contribution in [-0.4, -0.2) is 41.0 Å². The molecule has 0 spiro atoms. The molecule has 0 aliphatic heterocycles. The van der Waals surface area contributed by atoms with E-state index in [9.17, 15) is 9.18 Å². The molecule has 0 unspecified atom stereocenters. The second kappa shape index (κ2) is 8.40. The molecular weight excluding hydrogens is 373 g/mol. The first-order valence-electron chi connectivity index (χ1n) is 9.14. The quantitative estimate of drug-likeness (QED) is 0.636. The van der Waals surface area contributed by atoms with E-state index in [4.69, 9.17) is 10.5 Å². The van der Waals surface area contributed by atoms with Crippen molar-refractivity contribution in [3.8, 4) is 5.75 Å². The predicted octanol–water partition coefficient (Wildman–Crippen LogP) is 3.14. The summed E-state index contributed by atoms with van der Waals surface area (Å²) in [7, 11) is 3.41. The van der Waals surface area contributed by atoms with E-state index in [0.717, 1.165) is 16.6 Å². The summed E-state index contributed by atoms with van der Waals surface area (Å²) in [4.78, 5) is 22.0. The van der Waals surface area contributed by atoms with Crippen LogP contribution in [0.5, 0.6) is 5.75 Å². The number of ether oxygens (including phenoxy) is 1. The minimum atomic E-state index is -0.429. The summed E-state index contributed by atoms with van der Waals surface area (Å²) in [5.41, 5.74) is 8.24. The van der Waals surface area contributed by atoms with Crippen molar-refractivity contribution < 1.29 is 13.9 Å². The maximum absolute atomic E-state index is 13.6. The number of fused-ring (bicyclic) bond motifs is 1. The zero-order chi connectivity index (χ0) is 21.1. The first-order chi connectivity index (χ1) is 13.8. The van der Waals surface area contributed by atoms with Crippen molar-refractivity contribution in [1.29, 1.82) is 0 Å². The normalized spacial score (nSPS) is 12.2. The maximum atomic E-state index is 13.6. The van der Waals surface area contributed by atoms with Crippen LogP contribution < -0.4 is 15.8 Å². The van der Waals surface area contributed by atoms with Crippen LogP contribution in [0.25, 0.3) is 10.9 Å². The fourth-order valence-electron chi connectivity index (χ4n) is 3.02. The van der Waals surface area contributed by atoms with Gasteiger partial charge in [0, 0.05) is 29.2 Å². The monoisotopic (exact) mass is 397 g/mol. The molecule has 29 heavy (non-hydrogen) atoms. The lowest BCUT2D eigenvalue weighted by atomic mass is 10.1. The van der Waals surface area contributed by atoms with Crippen LogP contribution in [0, 0.1) is 12.7 Å². The second-order valence-electron chi connectivity index (χ2n) is 6.99. The Labute approximate surface area is 168 Å². The van der Waals surface area contributed by atoms with Gasteiger partial charge in [-0.15, -0.1) is 0 Å². The molecule has 1 heterocycles. The van der Waals surface area contributed by atoms with Crippen LogP contribution in [0.3, 0.4) is 0 Å². The summed E-state index contributed by atoms with van der Waals surface area (Å²) in [5, 5.41) is 4.01. The summed E-state index contributed by atoms with van der Waals surface area (Å²) >= 11 is 0. The van der Waals surface area contributed by atoms with E-state index in [-0.39, 0.29) is 5.82 Å². The minimum Gasteiger partial charge on any atom is -0.496 e. The van der Waals surface area contributed by atoms with E-state index in [1.807, 2.05) is 24.1 Å². The average Bonchev–Trinajstić information content (AvgIpc) is 2.70. The SMILES string of the molecule is COc1cc2ncnc(Nc3ccc(F)c(C)c3)c2cc1CN(C)[C@H](C)C(N)=O. The van der Waals surface area contributed by atoms with Crippen molar-refractivity contribution in [2.24, 2.45) is 5.73 Å². The van der Waals surface area contributed by atoms with Crippen LogP contribution in [0.1, 0.15) is 18.1 Å². The molecule has 3 rings (SSSR count). The minimum absolute atomic E-state index is 0.262. The van der Waals surface area contributed by atoms with Gasteiger partial charge in [-0.1, -0.05) is 0 Å². The number of hydrogen-bond donors (Lipinski definition) is 2. The van der Waals surface area contributed by atoms with Gasteiger partial charge in [0.1, 0.15) is 23.7 Å². The van der Waals surface area contributed by atoms with Gasteiger partial charge in [-0.25, -0.2) is 14.4 Å². The van der Waals surface area contributed by atoms with Gasteiger partial charge in [0.2, 0.25) is 5.91 Å². The Hall–Kier alpha value is -3.26. The third-order valence-corrected chi connectivity index (χ3v) is 4.95. The molecule has 0 saturated carbocycles. The zero-order valence-corrected chi connectivity index (χ0v) is 16.9. The van der Waals surface area contributed by atoms with E-state index < -0.39 is 11.9 Å². The number of carbonyl (C=O) groups excluding carboxylic acids is 1. The van der Waals surface area contributed by atoms with E-state index in [0.29, 0.717) is 29.2 Å². The van der Waals surface area contributed by atoms with Gasteiger partial charge in [0.25, 0.3) is 0 Å².